The number of nitrogens with one attached hydrogen (secondary N) is 1. The fourth-order valence-corrected chi connectivity index (χ4v) is 4.29. The van der Waals surface area contributed by atoms with E-state index in [9.17, 15) is 19.7 Å². The number of amides is 1. The van der Waals surface area contributed by atoms with Crippen molar-refractivity contribution in [1.29, 1.82) is 0 Å². The molecule has 1 aromatic carbocycles. The fourth-order valence-electron chi connectivity index (χ4n) is 3.15. The van der Waals surface area contributed by atoms with Crippen molar-refractivity contribution in [2.75, 3.05) is 11.9 Å². The molecule has 1 aliphatic rings. The van der Waals surface area contributed by atoms with Crippen molar-refractivity contribution in [2.45, 2.75) is 45.8 Å². The van der Waals surface area contributed by atoms with Crippen molar-refractivity contribution in [3.8, 4) is 0 Å². The van der Waals surface area contributed by atoms with E-state index in [1.165, 1.54) is 23.5 Å². The lowest BCUT2D eigenvalue weighted by atomic mass is 9.93. The highest BCUT2D eigenvalue weighted by atomic mass is 32.1. The minimum atomic E-state index is -0.491. The Balaban J connectivity index is 1.82. The first kappa shape index (κ1) is 20.9. The lowest BCUT2D eigenvalue weighted by molar-refractivity contribution is -0.384. The van der Waals surface area contributed by atoms with E-state index in [4.69, 9.17) is 9.47 Å². The first-order valence-corrected chi connectivity index (χ1v) is 10.0. The van der Waals surface area contributed by atoms with Gasteiger partial charge in [0.2, 0.25) is 5.91 Å². The van der Waals surface area contributed by atoms with Gasteiger partial charge in [0.1, 0.15) is 5.00 Å². The van der Waals surface area contributed by atoms with Gasteiger partial charge in [0, 0.05) is 23.4 Å². The molecule has 154 valence electrons. The Morgan fingerprint density at radius 1 is 1.31 bits per heavy atom. The second-order valence-corrected chi connectivity index (χ2v) is 8.41. The number of hydrogen-bond acceptors (Lipinski definition) is 7. The zero-order chi connectivity index (χ0) is 21.2. The quantitative estimate of drug-likeness (QED) is 0.433. The summed E-state index contributed by atoms with van der Waals surface area (Å²) in [6, 6.07) is 5.80. The molecule has 0 spiro atoms. The van der Waals surface area contributed by atoms with Crippen LogP contribution in [0.2, 0.25) is 0 Å². The van der Waals surface area contributed by atoms with Crippen molar-refractivity contribution in [3.05, 3.63) is 55.9 Å². The number of rotatable bonds is 6. The maximum atomic E-state index is 12.6. The Bertz CT molecular complexity index is 949. The number of nitro groups is 1. The normalized spacial score (nSPS) is 14.7. The molecular formula is C20H22N2O6S. The van der Waals surface area contributed by atoms with Crippen LogP contribution in [0, 0.1) is 10.1 Å². The molecule has 0 bridgehead atoms. The number of nitro benzene ring substituents is 1. The zero-order valence-electron chi connectivity index (χ0n) is 16.4. The van der Waals surface area contributed by atoms with Crippen molar-refractivity contribution in [1.82, 2.24) is 0 Å². The van der Waals surface area contributed by atoms with Crippen molar-refractivity contribution in [3.63, 3.8) is 0 Å². The van der Waals surface area contributed by atoms with Crippen molar-refractivity contribution < 1.29 is 24.0 Å². The van der Waals surface area contributed by atoms with Gasteiger partial charge in [-0.1, -0.05) is 12.1 Å². The second-order valence-electron chi connectivity index (χ2n) is 7.30. The lowest BCUT2D eigenvalue weighted by Gasteiger charge is -2.30. The van der Waals surface area contributed by atoms with Crippen LogP contribution in [-0.2, 0) is 33.7 Å². The number of fused-ring (bicyclic) bond motifs is 1. The average molecular weight is 418 g/mol. The van der Waals surface area contributed by atoms with E-state index in [1.807, 2.05) is 13.8 Å². The SMILES string of the molecule is CCOC(=O)c1c(NC(=O)Cc2ccc([N+](=O)[O-])cc2)sc2c1CC(C)(C)OC2. The van der Waals surface area contributed by atoms with Gasteiger partial charge in [0.25, 0.3) is 5.69 Å². The van der Waals surface area contributed by atoms with Crippen LogP contribution >= 0.6 is 11.3 Å². The molecule has 0 aliphatic carbocycles. The summed E-state index contributed by atoms with van der Waals surface area (Å²) in [6.45, 7) is 6.25. The highest BCUT2D eigenvalue weighted by molar-refractivity contribution is 7.17. The molecule has 0 fully saturated rings. The van der Waals surface area contributed by atoms with Gasteiger partial charge in [0.15, 0.2) is 0 Å². The van der Waals surface area contributed by atoms with Gasteiger partial charge < -0.3 is 14.8 Å². The maximum absolute atomic E-state index is 12.6. The maximum Gasteiger partial charge on any atom is 0.341 e. The van der Waals surface area contributed by atoms with Gasteiger partial charge in [-0.05, 0) is 31.9 Å². The van der Waals surface area contributed by atoms with E-state index in [2.05, 4.69) is 5.32 Å². The van der Waals surface area contributed by atoms with E-state index in [1.54, 1.807) is 19.1 Å². The summed E-state index contributed by atoms with van der Waals surface area (Å²) in [5, 5.41) is 14.0. The topological polar surface area (TPSA) is 108 Å². The van der Waals surface area contributed by atoms with E-state index < -0.39 is 16.5 Å². The number of esters is 1. The summed E-state index contributed by atoms with van der Waals surface area (Å²) in [5.41, 5.74) is 1.44. The molecule has 1 aliphatic heterocycles. The summed E-state index contributed by atoms with van der Waals surface area (Å²) in [7, 11) is 0. The smallest absolute Gasteiger partial charge is 0.341 e. The highest BCUT2D eigenvalue weighted by Gasteiger charge is 2.34. The van der Waals surface area contributed by atoms with Crippen LogP contribution in [0.4, 0.5) is 10.7 Å². The highest BCUT2D eigenvalue weighted by Crippen LogP contribution is 2.40. The Morgan fingerprint density at radius 2 is 2.00 bits per heavy atom. The molecule has 0 unspecified atom stereocenters. The van der Waals surface area contributed by atoms with Crippen LogP contribution in [0.5, 0.6) is 0 Å². The van der Waals surface area contributed by atoms with Crippen LogP contribution in [0.1, 0.15) is 47.1 Å². The number of carbonyl (C=O) groups excluding carboxylic acids is 2. The zero-order valence-corrected chi connectivity index (χ0v) is 17.3. The molecule has 0 radical (unpaired) electrons. The van der Waals surface area contributed by atoms with E-state index in [0.29, 0.717) is 29.2 Å². The molecule has 1 amide bonds. The van der Waals surface area contributed by atoms with Crippen LogP contribution in [-0.4, -0.2) is 29.0 Å². The number of nitrogens with zero attached hydrogens (tertiary/aromatic N) is 1. The van der Waals surface area contributed by atoms with Crippen molar-refractivity contribution >= 4 is 33.9 Å². The number of benzene rings is 1. The number of ether oxygens (including phenoxy) is 2. The minimum absolute atomic E-state index is 0.0326. The molecule has 0 saturated carbocycles. The van der Waals surface area contributed by atoms with Crippen LogP contribution in [0.25, 0.3) is 0 Å². The van der Waals surface area contributed by atoms with Crippen LogP contribution in [0.15, 0.2) is 24.3 Å². The van der Waals surface area contributed by atoms with Gasteiger partial charge >= 0.3 is 5.97 Å². The molecule has 3 rings (SSSR count). The minimum Gasteiger partial charge on any atom is -0.462 e. The predicted octanol–water partition coefficient (Wildman–Crippen LogP) is 3.87. The van der Waals surface area contributed by atoms with Gasteiger partial charge in [-0.25, -0.2) is 4.79 Å². The van der Waals surface area contributed by atoms with E-state index in [-0.39, 0.29) is 24.6 Å². The van der Waals surface area contributed by atoms with E-state index in [0.717, 1.165) is 10.4 Å². The Labute approximate surface area is 172 Å². The molecule has 2 aromatic rings. The molecule has 9 heteroatoms. The van der Waals surface area contributed by atoms with Gasteiger partial charge in [-0.3, -0.25) is 14.9 Å². The number of thiophene rings is 1. The molecule has 0 saturated heterocycles. The molecule has 1 aromatic heterocycles. The number of hydrogen-bond donors (Lipinski definition) is 1. The summed E-state index contributed by atoms with van der Waals surface area (Å²) in [4.78, 5) is 36.3. The van der Waals surface area contributed by atoms with Gasteiger partial charge in [-0.2, -0.15) is 0 Å². The van der Waals surface area contributed by atoms with Crippen LogP contribution < -0.4 is 5.32 Å². The second kappa shape index (κ2) is 8.30. The van der Waals surface area contributed by atoms with Gasteiger partial charge in [0.05, 0.1) is 35.7 Å². The molecule has 0 atom stereocenters. The predicted molar refractivity (Wildman–Crippen MR) is 108 cm³/mol. The summed E-state index contributed by atoms with van der Waals surface area (Å²) < 4.78 is 11.0. The molecule has 29 heavy (non-hydrogen) atoms. The first-order chi connectivity index (χ1) is 13.7. The number of anilines is 1. The van der Waals surface area contributed by atoms with Gasteiger partial charge in [-0.15, -0.1) is 11.3 Å². The number of non-ortho nitro benzene ring substituents is 1. The van der Waals surface area contributed by atoms with Crippen LogP contribution in [0.3, 0.4) is 0 Å². The van der Waals surface area contributed by atoms with Crippen molar-refractivity contribution in [2.24, 2.45) is 0 Å². The summed E-state index contributed by atoms with van der Waals surface area (Å²) >= 11 is 1.32. The number of carbonyl (C=O) groups is 2. The molecule has 2 heterocycles. The molecule has 1 N–H and O–H groups in total. The summed E-state index contributed by atoms with van der Waals surface area (Å²) in [5.74, 6) is -0.781. The first-order valence-electron chi connectivity index (χ1n) is 9.19. The Kier molecular flexibility index (Phi) is 5.99. The molecule has 8 nitrogen and oxygen atoms in total. The molecular weight excluding hydrogens is 396 g/mol. The standard InChI is InChI=1S/C20H22N2O6S/c1-4-27-19(24)17-14-10-20(2,3)28-11-15(14)29-18(17)21-16(23)9-12-5-7-13(8-6-12)22(25)26/h5-8H,4,9-11H2,1-3H3,(H,21,23). The summed E-state index contributed by atoms with van der Waals surface area (Å²) in [6.07, 6.45) is 0.579. The average Bonchev–Trinajstić information content (AvgIpc) is 2.98. The Morgan fingerprint density at radius 3 is 2.62 bits per heavy atom. The third-order valence-corrected chi connectivity index (χ3v) is 5.65. The Hall–Kier alpha value is -2.78. The monoisotopic (exact) mass is 418 g/mol. The fraction of sp³-hybridized carbons (Fsp3) is 0.400. The van der Waals surface area contributed by atoms with E-state index >= 15 is 0 Å². The third kappa shape index (κ3) is 4.80. The largest absolute Gasteiger partial charge is 0.462 e. The lowest BCUT2D eigenvalue weighted by Crippen LogP contribution is -2.32. The third-order valence-electron chi connectivity index (χ3n) is 4.53.